The standard InChI is InChI=1S/C20H30O3/c1-13(2)19-16-8-7-15(4)18(23-22)9-6-14(3)10-11-20(16,5)12-17(19)21/h7,10,16,18,22H,6,8-9,11-12H2,1-5H3/b14-10-,15-7+/t16-,18+,20-/m1/s1. The number of rotatable bonds is 1. The van der Waals surface area contributed by atoms with Crippen molar-refractivity contribution in [1.82, 2.24) is 0 Å². The predicted molar refractivity (Wildman–Crippen MR) is 93.1 cm³/mol. The third kappa shape index (κ3) is 3.84. The molecule has 1 N–H and O–H groups in total. The summed E-state index contributed by atoms with van der Waals surface area (Å²) in [7, 11) is 0. The highest BCUT2D eigenvalue weighted by Crippen LogP contribution is 2.50. The van der Waals surface area contributed by atoms with Crippen LogP contribution in [0.5, 0.6) is 0 Å². The van der Waals surface area contributed by atoms with Crippen LogP contribution in [-0.4, -0.2) is 17.1 Å². The molecule has 0 spiro atoms. The first kappa shape index (κ1) is 18.2. The Balaban J connectivity index is 2.45. The van der Waals surface area contributed by atoms with Crippen LogP contribution in [-0.2, 0) is 9.68 Å². The highest BCUT2D eigenvalue weighted by Gasteiger charge is 2.46. The molecular weight excluding hydrogens is 288 g/mol. The Kier molecular flexibility index (Phi) is 5.64. The minimum absolute atomic E-state index is 0.0123. The Morgan fingerprint density at radius 1 is 1.30 bits per heavy atom. The van der Waals surface area contributed by atoms with E-state index < -0.39 is 0 Å². The van der Waals surface area contributed by atoms with Crippen LogP contribution in [0, 0.1) is 11.3 Å². The van der Waals surface area contributed by atoms with Crippen LogP contribution in [0.2, 0.25) is 0 Å². The monoisotopic (exact) mass is 318 g/mol. The fourth-order valence-electron chi connectivity index (χ4n) is 4.04. The molecule has 2 rings (SSSR count). The summed E-state index contributed by atoms with van der Waals surface area (Å²) >= 11 is 0. The second-order valence-corrected chi connectivity index (χ2v) is 7.79. The molecule has 128 valence electrons. The molecule has 23 heavy (non-hydrogen) atoms. The van der Waals surface area contributed by atoms with Crippen molar-refractivity contribution in [3.05, 3.63) is 34.4 Å². The van der Waals surface area contributed by atoms with Crippen LogP contribution in [0.25, 0.3) is 0 Å². The van der Waals surface area contributed by atoms with Crippen molar-refractivity contribution in [3.8, 4) is 0 Å². The molecule has 2 aliphatic carbocycles. The lowest BCUT2D eigenvalue weighted by atomic mass is 9.73. The van der Waals surface area contributed by atoms with Crippen molar-refractivity contribution in [3.63, 3.8) is 0 Å². The van der Waals surface area contributed by atoms with Crippen LogP contribution in [0.15, 0.2) is 34.4 Å². The highest BCUT2D eigenvalue weighted by atomic mass is 17.1. The summed E-state index contributed by atoms with van der Waals surface area (Å²) in [4.78, 5) is 17.3. The molecule has 3 heteroatoms. The van der Waals surface area contributed by atoms with Gasteiger partial charge in [0.15, 0.2) is 5.78 Å². The topological polar surface area (TPSA) is 46.5 Å². The normalized spacial score (nSPS) is 37.3. The fourth-order valence-corrected chi connectivity index (χ4v) is 4.04. The van der Waals surface area contributed by atoms with E-state index in [0.717, 1.165) is 42.4 Å². The van der Waals surface area contributed by atoms with E-state index >= 15 is 0 Å². The largest absolute Gasteiger partial charge is 0.295 e. The van der Waals surface area contributed by atoms with Crippen molar-refractivity contribution >= 4 is 5.78 Å². The first-order chi connectivity index (χ1) is 10.8. The Labute approximate surface area is 140 Å². The second-order valence-electron chi connectivity index (χ2n) is 7.79. The second kappa shape index (κ2) is 7.14. The highest BCUT2D eigenvalue weighted by molar-refractivity contribution is 5.99. The van der Waals surface area contributed by atoms with Gasteiger partial charge in [-0.05, 0) is 75.9 Å². The number of ketones is 1. The number of allylic oxidation sites excluding steroid dienone is 5. The van der Waals surface area contributed by atoms with Crippen LogP contribution < -0.4 is 0 Å². The van der Waals surface area contributed by atoms with E-state index in [-0.39, 0.29) is 17.4 Å². The first-order valence-electron chi connectivity index (χ1n) is 8.61. The SMILES string of the molecule is CC(C)=C1C(=O)C[C@@]2(C)C/C=C(/C)CC[C@H](OO)/C(C)=C/C[C@H]12. The third-order valence-electron chi connectivity index (χ3n) is 5.62. The Hall–Kier alpha value is -1.19. The molecule has 3 nitrogen and oxygen atoms in total. The molecule has 0 aliphatic heterocycles. The van der Waals surface area contributed by atoms with Gasteiger partial charge in [-0.2, -0.15) is 0 Å². The molecule has 1 fully saturated rings. The zero-order valence-corrected chi connectivity index (χ0v) is 15.1. The van der Waals surface area contributed by atoms with Crippen LogP contribution in [0.4, 0.5) is 0 Å². The zero-order chi connectivity index (χ0) is 17.2. The number of carbonyl (C=O) groups is 1. The van der Waals surface area contributed by atoms with E-state index in [1.54, 1.807) is 0 Å². The van der Waals surface area contributed by atoms with Gasteiger partial charge in [0.2, 0.25) is 0 Å². The minimum atomic E-state index is -0.255. The molecule has 0 saturated heterocycles. The van der Waals surface area contributed by atoms with E-state index in [4.69, 9.17) is 0 Å². The number of fused-ring (bicyclic) bond motifs is 1. The van der Waals surface area contributed by atoms with E-state index in [1.165, 1.54) is 5.57 Å². The van der Waals surface area contributed by atoms with Gasteiger partial charge in [-0.1, -0.05) is 30.2 Å². The van der Waals surface area contributed by atoms with E-state index in [2.05, 4.69) is 30.9 Å². The average molecular weight is 318 g/mol. The molecule has 0 aromatic rings. The molecule has 0 bridgehead atoms. The maximum absolute atomic E-state index is 12.6. The Bertz CT molecular complexity index is 563. The van der Waals surface area contributed by atoms with Gasteiger partial charge in [0.05, 0.1) is 0 Å². The number of hydrogen-bond donors (Lipinski definition) is 1. The van der Waals surface area contributed by atoms with Gasteiger partial charge in [-0.3, -0.25) is 10.1 Å². The van der Waals surface area contributed by atoms with Crippen molar-refractivity contribution in [2.24, 2.45) is 11.3 Å². The maximum atomic E-state index is 12.6. The van der Waals surface area contributed by atoms with Crippen LogP contribution in [0.1, 0.15) is 66.7 Å². The molecule has 2 aliphatic rings. The summed E-state index contributed by atoms with van der Waals surface area (Å²) in [6.07, 6.45) is 8.28. The summed E-state index contributed by atoms with van der Waals surface area (Å²) in [5, 5.41) is 9.19. The summed E-state index contributed by atoms with van der Waals surface area (Å²) in [6.45, 7) is 10.5. The molecular formula is C20H30O3. The van der Waals surface area contributed by atoms with Crippen molar-refractivity contribution in [1.29, 1.82) is 0 Å². The van der Waals surface area contributed by atoms with Crippen molar-refractivity contribution in [2.75, 3.05) is 0 Å². The minimum Gasteiger partial charge on any atom is -0.295 e. The summed E-state index contributed by atoms with van der Waals surface area (Å²) in [5.41, 5.74) is 4.50. The lowest BCUT2D eigenvalue weighted by Gasteiger charge is -2.30. The molecule has 0 heterocycles. The number of carbonyl (C=O) groups excluding carboxylic acids is 1. The molecule has 0 radical (unpaired) electrons. The predicted octanol–water partition coefficient (Wildman–Crippen LogP) is 5.24. The maximum Gasteiger partial charge on any atom is 0.159 e. The number of Topliss-reactive ketones (excluding diaryl/α,β-unsaturated/α-hetero) is 1. The fraction of sp³-hybridized carbons (Fsp3) is 0.650. The molecule has 1 saturated carbocycles. The molecule has 3 atom stereocenters. The quantitative estimate of drug-likeness (QED) is 0.311. The van der Waals surface area contributed by atoms with Crippen molar-refractivity contribution < 1.29 is 14.9 Å². The molecule has 0 aromatic carbocycles. The Morgan fingerprint density at radius 3 is 2.61 bits per heavy atom. The summed E-state index contributed by atoms with van der Waals surface area (Å²) < 4.78 is 0. The van der Waals surface area contributed by atoms with E-state index in [0.29, 0.717) is 12.2 Å². The zero-order valence-electron chi connectivity index (χ0n) is 15.1. The summed E-state index contributed by atoms with van der Waals surface area (Å²) in [5.74, 6) is 0.554. The van der Waals surface area contributed by atoms with Crippen LogP contribution >= 0.6 is 0 Å². The molecule has 0 aromatic heterocycles. The van der Waals surface area contributed by atoms with Gasteiger partial charge in [-0.15, -0.1) is 0 Å². The van der Waals surface area contributed by atoms with Gasteiger partial charge < -0.3 is 0 Å². The van der Waals surface area contributed by atoms with E-state index in [1.807, 2.05) is 20.8 Å². The lowest BCUT2D eigenvalue weighted by molar-refractivity contribution is -0.269. The lowest BCUT2D eigenvalue weighted by Crippen LogP contribution is -2.22. The molecule has 0 unspecified atom stereocenters. The third-order valence-corrected chi connectivity index (χ3v) is 5.62. The van der Waals surface area contributed by atoms with Gasteiger partial charge in [0.1, 0.15) is 6.10 Å². The van der Waals surface area contributed by atoms with E-state index in [9.17, 15) is 10.1 Å². The van der Waals surface area contributed by atoms with Crippen molar-refractivity contribution in [2.45, 2.75) is 72.8 Å². The van der Waals surface area contributed by atoms with Gasteiger partial charge in [0, 0.05) is 6.42 Å². The summed E-state index contributed by atoms with van der Waals surface area (Å²) in [6, 6.07) is 0. The van der Waals surface area contributed by atoms with Gasteiger partial charge >= 0.3 is 0 Å². The Morgan fingerprint density at radius 2 is 2.00 bits per heavy atom. The van der Waals surface area contributed by atoms with Gasteiger partial charge in [-0.25, -0.2) is 4.89 Å². The number of hydrogen-bond acceptors (Lipinski definition) is 3. The smallest absolute Gasteiger partial charge is 0.159 e. The average Bonchev–Trinajstić information content (AvgIpc) is 2.73. The first-order valence-corrected chi connectivity index (χ1v) is 8.61. The van der Waals surface area contributed by atoms with Crippen LogP contribution in [0.3, 0.4) is 0 Å². The van der Waals surface area contributed by atoms with Gasteiger partial charge in [0.25, 0.3) is 0 Å². The molecule has 0 amide bonds.